The molecule has 0 spiro atoms. The van der Waals surface area contributed by atoms with Crippen LogP contribution in [0.25, 0.3) is 0 Å². The molecule has 1 aliphatic heterocycles. The molecule has 1 heterocycles. The van der Waals surface area contributed by atoms with Crippen molar-refractivity contribution in [1.82, 2.24) is 0 Å². The highest BCUT2D eigenvalue weighted by molar-refractivity contribution is 5.13. The zero-order chi connectivity index (χ0) is 11.1. The topological polar surface area (TPSA) is 27.7 Å². The van der Waals surface area contributed by atoms with Gasteiger partial charge in [-0.15, -0.1) is 0 Å². The Bertz CT molecular complexity index is 282. The van der Waals surface area contributed by atoms with Crippen LogP contribution in [0.3, 0.4) is 0 Å². The van der Waals surface area contributed by atoms with Crippen LogP contribution in [0, 0.1) is 5.92 Å². The van der Waals surface area contributed by atoms with Gasteiger partial charge >= 0.3 is 0 Å². The highest BCUT2D eigenvalue weighted by Gasteiger charge is 2.17. The minimum Gasteiger partial charge on any atom is -0.381 e. The molecule has 0 unspecified atom stereocenters. The Labute approximate surface area is 96.3 Å². The molecule has 1 fully saturated rings. The lowest BCUT2D eigenvalue weighted by atomic mass is 10.1. The second-order valence-electron chi connectivity index (χ2n) is 4.02. The van der Waals surface area contributed by atoms with Gasteiger partial charge in [-0.2, -0.15) is 0 Å². The third-order valence-corrected chi connectivity index (χ3v) is 2.54. The van der Waals surface area contributed by atoms with E-state index in [9.17, 15) is 0 Å². The van der Waals surface area contributed by atoms with Gasteiger partial charge in [-0.05, 0) is 5.56 Å². The van der Waals surface area contributed by atoms with Crippen LogP contribution in [0.1, 0.15) is 5.56 Å². The Balaban J connectivity index is 1.45. The lowest BCUT2D eigenvalue weighted by Gasteiger charge is -2.25. The third-order valence-electron chi connectivity index (χ3n) is 2.54. The van der Waals surface area contributed by atoms with E-state index in [0.717, 1.165) is 19.8 Å². The summed E-state index contributed by atoms with van der Waals surface area (Å²) in [6.45, 7) is 4.49. The van der Waals surface area contributed by atoms with E-state index in [1.165, 1.54) is 5.56 Å². The predicted molar refractivity (Wildman–Crippen MR) is 61.2 cm³/mol. The molecule has 0 aromatic heterocycles. The van der Waals surface area contributed by atoms with Crippen LogP contribution < -0.4 is 0 Å². The van der Waals surface area contributed by atoms with Gasteiger partial charge in [-0.1, -0.05) is 30.3 Å². The fourth-order valence-corrected chi connectivity index (χ4v) is 1.51. The van der Waals surface area contributed by atoms with Gasteiger partial charge in [0.2, 0.25) is 0 Å². The van der Waals surface area contributed by atoms with Gasteiger partial charge in [0.25, 0.3) is 0 Å². The molecule has 0 saturated carbocycles. The van der Waals surface area contributed by atoms with Gasteiger partial charge < -0.3 is 14.2 Å². The first-order valence-corrected chi connectivity index (χ1v) is 5.72. The molecular weight excluding hydrogens is 204 g/mol. The summed E-state index contributed by atoms with van der Waals surface area (Å²) in [4.78, 5) is 0. The molecular formula is C13H18O3. The van der Waals surface area contributed by atoms with Crippen molar-refractivity contribution < 1.29 is 14.2 Å². The van der Waals surface area contributed by atoms with Crippen LogP contribution in [0.5, 0.6) is 0 Å². The van der Waals surface area contributed by atoms with Crippen LogP contribution in [0.15, 0.2) is 30.3 Å². The lowest BCUT2D eigenvalue weighted by molar-refractivity contribution is -0.0780. The van der Waals surface area contributed by atoms with Gasteiger partial charge in [0.15, 0.2) is 0 Å². The van der Waals surface area contributed by atoms with Crippen molar-refractivity contribution >= 4 is 0 Å². The molecule has 0 bridgehead atoms. The molecule has 0 amide bonds. The molecule has 1 aromatic rings. The second kappa shape index (κ2) is 6.63. The molecule has 0 atom stereocenters. The number of rotatable bonds is 7. The maximum Gasteiger partial charge on any atom is 0.0718 e. The van der Waals surface area contributed by atoms with Crippen molar-refractivity contribution in [1.29, 1.82) is 0 Å². The Hall–Kier alpha value is -0.900. The van der Waals surface area contributed by atoms with E-state index in [2.05, 4.69) is 12.1 Å². The van der Waals surface area contributed by atoms with E-state index in [0.29, 0.717) is 25.7 Å². The fraction of sp³-hybridized carbons (Fsp3) is 0.538. The first-order chi connectivity index (χ1) is 7.95. The maximum absolute atomic E-state index is 5.50. The van der Waals surface area contributed by atoms with E-state index >= 15 is 0 Å². The summed E-state index contributed by atoms with van der Waals surface area (Å²) in [6.07, 6.45) is 0. The number of hydrogen-bond donors (Lipinski definition) is 0. The lowest BCUT2D eigenvalue weighted by Crippen LogP contribution is -2.31. The van der Waals surface area contributed by atoms with Crippen molar-refractivity contribution in [3.8, 4) is 0 Å². The van der Waals surface area contributed by atoms with Gasteiger partial charge in [0, 0.05) is 5.92 Å². The first kappa shape index (κ1) is 11.6. The molecule has 3 nitrogen and oxygen atoms in total. The van der Waals surface area contributed by atoms with Crippen LogP contribution in [-0.2, 0) is 20.8 Å². The summed E-state index contributed by atoms with van der Waals surface area (Å²) >= 11 is 0. The molecule has 3 heteroatoms. The molecule has 1 aromatic carbocycles. The summed E-state index contributed by atoms with van der Waals surface area (Å²) in [5.74, 6) is 0.606. The smallest absolute Gasteiger partial charge is 0.0718 e. The largest absolute Gasteiger partial charge is 0.381 e. The number of ether oxygens (including phenoxy) is 3. The SMILES string of the molecule is c1ccc(COCCOCC2COC2)cc1. The predicted octanol–water partition coefficient (Wildman–Crippen LogP) is 1.87. The van der Waals surface area contributed by atoms with Gasteiger partial charge in [-0.3, -0.25) is 0 Å². The normalized spacial score (nSPS) is 16.0. The van der Waals surface area contributed by atoms with Gasteiger partial charge in [0.05, 0.1) is 39.6 Å². The molecule has 2 rings (SSSR count). The average Bonchev–Trinajstić information content (AvgIpc) is 2.27. The van der Waals surface area contributed by atoms with Gasteiger partial charge in [0.1, 0.15) is 0 Å². The maximum atomic E-state index is 5.50. The Morgan fingerprint density at radius 1 is 1.06 bits per heavy atom. The highest BCUT2D eigenvalue weighted by atomic mass is 16.5. The van der Waals surface area contributed by atoms with Crippen molar-refractivity contribution in [3.63, 3.8) is 0 Å². The quantitative estimate of drug-likeness (QED) is 0.659. The van der Waals surface area contributed by atoms with Crippen molar-refractivity contribution in [3.05, 3.63) is 35.9 Å². The summed E-state index contributed by atoms with van der Waals surface area (Å²) in [6, 6.07) is 10.2. The minimum absolute atomic E-state index is 0.606. The Kier molecular flexibility index (Phi) is 4.80. The molecule has 1 aliphatic rings. The molecule has 0 aliphatic carbocycles. The van der Waals surface area contributed by atoms with Crippen molar-refractivity contribution in [2.75, 3.05) is 33.0 Å². The summed E-state index contributed by atoms with van der Waals surface area (Å²) < 4.78 is 16.0. The van der Waals surface area contributed by atoms with E-state index in [-0.39, 0.29) is 0 Å². The summed E-state index contributed by atoms with van der Waals surface area (Å²) in [7, 11) is 0. The molecule has 0 N–H and O–H groups in total. The Morgan fingerprint density at radius 3 is 2.50 bits per heavy atom. The standard InChI is InChI=1S/C13H18O3/c1-2-4-12(5-3-1)8-14-6-7-15-9-13-10-16-11-13/h1-5,13H,6-11H2. The van der Waals surface area contributed by atoms with E-state index < -0.39 is 0 Å². The van der Waals surface area contributed by atoms with Crippen LogP contribution in [0.2, 0.25) is 0 Å². The molecule has 1 saturated heterocycles. The molecule has 16 heavy (non-hydrogen) atoms. The monoisotopic (exact) mass is 222 g/mol. The van der Waals surface area contributed by atoms with E-state index in [1.54, 1.807) is 0 Å². The molecule has 0 radical (unpaired) electrons. The highest BCUT2D eigenvalue weighted by Crippen LogP contribution is 2.09. The average molecular weight is 222 g/mol. The number of hydrogen-bond acceptors (Lipinski definition) is 3. The third kappa shape index (κ3) is 3.93. The van der Waals surface area contributed by atoms with Crippen LogP contribution >= 0.6 is 0 Å². The first-order valence-electron chi connectivity index (χ1n) is 5.72. The minimum atomic E-state index is 0.606. The van der Waals surface area contributed by atoms with E-state index in [4.69, 9.17) is 14.2 Å². The summed E-state index contributed by atoms with van der Waals surface area (Å²) in [5, 5.41) is 0. The van der Waals surface area contributed by atoms with Gasteiger partial charge in [-0.25, -0.2) is 0 Å². The summed E-state index contributed by atoms with van der Waals surface area (Å²) in [5.41, 5.74) is 1.20. The van der Waals surface area contributed by atoms with E-state index in [1.807, 2.05) is 18.2 Å². The van der Waals surface area contributed by atoms with Crippen LogP contribution in [-0.4, -0.2) is 33.0 Å². The van der Waals surface area contributed by atoms with Crippen molar-refractivity contribution in [2.24, 2.45) is 5.92 Å². The zero-order valence-corrected chi connectivity index (χ0v) is 9.43. The van der Waals surface area contributed by atoms with Crippen LogP contribution in [0.4, 0.5) is 0 Å². The Morgan fingerprint density at radius 2 is 1.81 bits per heavy atom. The molecule has 88 valence electrons. The zero-order valence-electron chi connectivity index (χ0n) is 9.43. The fourth-order valence-electron chi connectivity index (χ4n) is 1.51. The number of benzene rings is 1. The second-order valence-corrected chi connectivity index (χ2v) is 4.02. The van der Waals surface area contributed by atoms with Crippen molar-refractivity contribution in [2.45, 2.75) is 6.61 Å².